The molecule has 0 amide bonds. The first-order valence-corrected chi connectivity index (χ1v) is 13.3. The fourth-order valence-corrected chi connectivity index (χ4v) is 5.93. The Morgan fingerprint density at radius 3 is 1.88 bits per heavy atom. The van der Waals surface area contributed by atoms with E-state index in [4.69, 9.17) is 0 Å². The van der Waals surface area contributed by atoms with Gasteiger partial charge in [0, 0.05) is 37.6 Å². The fourth-order valence-electron chi connectivity index (χ4n) is 3.69. The zero-order valence-electron chi connectivity index (χ0n) is 18.2. The molecule has 2 aromatic rings. The molecule has 0 unspecified atom stereocenters. The van der Waals surface area contributed by atoms with Crippen LogP contribution in [0.3, 0.4) is 0 Å². The molecular weight excluding hydrogens is 481 g/mol. The van der Waals surface area contributed by atoms with Gasteiger partial charge in [-0.25, -0.2) is 16.8 Å². The van der Waals surface area contributed by atoms with Gasteiger partial charge in [0.1, 0.15) is 0 Å². The molecule has 1 saturated heterocycles. The molecule has 0 bridgehead atoms. The molecule has 1 aliphatic rings. The first kappa shape index (κ1) is 25.5. The van der Waals surface area contributed by atoms with E-state index in [1.165, 1.54) is 16.4 Å². The van der Waals surface area contributed by atoms with Crippen LogP contribution in [-0.4, -0.2) is 64.4 Å². The SMILES string of the molecule is C[C@@H]1CN(c2ccc(S(C)(=O)=O)cc2)CCN1S(=O)(=O)c1ccc([C@](C)(O)C(F)(F)F)cc1. The lowest BCUT2D eigenvalue weighted by Crippen LogP contribution is -2.54. The Morgan fingerprint density at radius 1 is 0.909 bits per heavy atom. The summed E-state index contributed by atoms with van der Waals surface area (Å²) in [5, 5.41) is 9.78. The predicted octanol–water partition coefficient (Wildman–Crippen LogP) is 2.76. The van der Waals surface area contributed by atoms with Gasteiger partial charge in [0.05, 0.1) is 9.79 Å². The van der Waals surface area contributed by atoms with E-state index < -0.39 is 43.2 Å². The Balaban J connectivity index is 1.77. The minimum absolute atomic E-state index is 0.138. The summed E-state index contributed by atoms with van der Waals surface area (Å²) in [6, 6.07) is 9.93. The highest BCUT2D eigenvalue weighted by Crippen LogP contribution is 2.38. The molecule has 1 N–H and O–H groups in total. The molecule has 12 heteroatoms. The first-order chi connectivity index (χ1) is 15.0. The molecule has 0 saturated carbocycles. The zero-order chi connectivity index (χ0) is 24.8. The van der Waals surface area contributed by atoms with Crippen LogP contribution < -0.4 is 4.90 Å². The quantitative estimate of drug-likeness (QED) is 0.670. The Hall–Kier alpha value is -2.15. The number of rotatable bonds is 5. The van der Waals surface area contributed by atoms with Gasteiger partial charge in [-0.2, -0.15) is 17.5 Å². The highest BCUT2D eigenvalue weighted by Gasteiger charge is 2.51. The number of sulfone groups is 1. The van der Waals surface area contributed by atoms with Crippen molar-refractivity contribution in [2.45, 2.75) is 41.5 Å². The van der Waals surface area contributed by atoms with Crippen LogP contribution in [0.2, 0.25) is 0 Å². The molecule has 0 aliphatic carbocycles. The van der Waals surface area contributed by atoms with Crippen LogP contribution in [0.25, 0.3) is 0 Å². The van der Waals surface area contributed by atoms with Gasteiger partial charge in [-0.15, -0.1) is 0 Å². The Morgan fingerprint density at radius 2 is 1.42 bits per heavy atom. The highest BCUT2D eigenvalue weighted by atomic mass is 32.2. The molecule has 1 aliphatic heterocycles. The van der Waals surface area contributed by atoms with Gasteiger partial charge in [-0.05, 0) is 55.8 Å². The summed E-state index contributed by atoms with van der Waals surface area (Å²) in [5.41, 5.74) is -2.80. The molecule has 2 atom stereocenters. The van der Waals surface area contributed by atoms with E-state index in [0.717, 1.165) is 36.2 Å². The van der Waals surface area contributed by atoms with Gasteiger partial charge in [0.25, 0.3) is 0 Å². The maximum atomic E-state index is 13.1. The predicted molar refractivity (Wildman–Crippen MR) is 117 cm³/mol. The minimum atomic E-state index is -4.91. The number of anilines is 1. The van der Waals surface area contributed by atoms with Crippen LogP contribution in [0, 0.1) is 0 Å². The van der Waals surface area contributed by atoms with Crippen molar-refractivity contribution >= 4 is 25.5 Å². The van der Waals surface area contributed by atoms with E-state index in [9.17, 15) is 35.1 Å². The second-order valence-corrected chi connectivity index (χ2v) is 12.2. The van der Waals surface area contributed by atoms with Crippen molar-refractivity contribution in [3.8, 4) is 0 Å². The van der Waals surface area contributed by atoms with E-state index in [1.807, 2.05) is 4.90 Å². The molecule has 3 rings (SSSR count). The van der Waals surface area contributed by atoms with Crippen LogP contribution >= 0.6 is 0 Å². The van der Waals surface area contributed by atoms with Crippen LogP contribution in [0.1, 0.15) is 19.4 Å². The largest absolute Gasteiger partial charge is 0.421 e. The van der Waals surface area contributed by atoms with Gasteiger partial charge >= 0.3 is 6.18 Å². The lowest BCUT2D eigenvalue weighted by Gasteiger charge is -2.40. The molecule has 7 nitrogen and oxygen atoms in total. The fraction of sp³-hybridized carbons (Fsp3) is 0.429. The molecule has 1 heterocycles. The molecule has 33 heavy (non-hydrogen) atoms. The van der Waals surface area contributed by atoms with Gasteiger partial charge in [0.2, 0.25) is 10.0 Å². The number of hydrogen-bond acceptors (Lipinski definition) is 6. The Bertz CT molecular complexity index is 1210. The van der Waals surface area contributed by atoms with Crippen molar-refractivity contribution in [1.29, 1.82) is 0 Å². The molecule has 182 valence electrons. The lowest BCUT2D eigenvalue weighted by molar-refractivity contribution is -0.258. The molecule has 1 fully saturated rings. The summed E-state index contributed by atoms with van der Waals surface area (Å²) in [7, 11) is -7.30. The molecule has 0 aromatic heterocycles. The van der Waals surface area contributed by atoms with Gasteiger partial charge in [-0.1, -0.05) is 12.1 Å². The highest BCUT2D eigenvalue weighted by molar-refractivity contribution is 7.90. The number of alkyl halides is 3. The van der Waals surface area contributed by atoms with Crippen LogP contribution in [0.4, 0.5) is 18.9 Å². The van der Waals surface area contributed by atoms with Crippen molar-refractivity contribution in [2.75, 3.05) is 30.8 Å². The summed E-state index contributed by atoms with van der Waals surface area (Å²) >= 11 is 0. The summed E-state index contributed by atoms with van der Waals surface area (Å²) in [5.74, 6) is 0. The van der Waals surface area contributed by atoms with Gasteiger partial charge in [-0.3, -0.25) is 0 Å². The van der Waals surface area contributed by atoms with Gasteiger partial charge < -0.3 is 10.0 Å². The van der Waals surface area contributed by atoms with Crippen molar-refractivity contribution in [2.24, 2.45) is 0 Å². The number of benzene rings is 2. The second-order valence-electron chi connectivity index (χ2n) is 8.27. The number of aliphatic hydroxyl groups is 1. The van der Waals surface area contributed by atoms with Crippen molar-refractivity contribution < 1.29 is 35.1 Å². The Labute approximate surface area is 191 Å². The van der Waals surface area contributed by atoms with Crippen molar-refractivity contribution in [1.82, 2.24) is 4.31 Å². The van der Waals surface area contributed by atoms with E-state index in [2.05, 4.69) is 0 Å². The van der Waals surface area contributed by atoms with E-state index in [1.54, 1.807) is 19.1 Å². The third kappa shape index (κ3) is 5.03. The molecular formula is C21H25F3N2O5S2. The number of piperazine rings is 1. The summed E-state index contributed by atoms with van der Waals surface area (Å²) in [6.07, 6.45) is -3.79. The molecule has 0 radical (unpaired) electrons. The van der Waals surface area contributed by atoms with Gasteiger partial charge in [0.15, 0.2) is 15.4 Å². The Kier molecular flexibility index (Phi) is 6.61. The number of hydrogen-bond donors (Lipinski definition) is 1. The van der Waals surface area contributed by atoms with E-state index in [0.29, 0.717) is 20.0 Å². The maximum Gasteiger partial charge on any atom is 0.421 e. The summed E-state index contributed by atoms with van der Waals surface area (Å²) in [6.45, 7) is 3.16. The van der Waals surface area contributed by atoms with E-state index >= 15 is 0 Å². The minimum Gasteiger partial charge on any atom is -0.376 e. The number of sulfonamides is 1. The van der Waals surface area contributed by atoms with Crippen LogP contribution in [-0.2, 0) is 25.5 Å². The standard InChI is InChI=1S/C21H25F3N2O5S2/c1-15-14-25(17-6-10-18(11-7-17)32(3,28)29)12-13-26(15)33(30,31)19-8-4-16(5-9-19)20(2,27)21(22,23)24/h4-11,15,27H,12-14H2,1-3H3/t15-,20+/m1/s1. The summed E-state index contributed by atoms with van der Waals surface area (Å²) in [4.78, 5) is 1.96. The smallest absolute Gasteiger partial charge is 0.376 e. The lowest BCUT2D eigenvalue weighted by atomic mass is 9.96. The van der Waals surface area contributed by atoms with Crippen LogP contribution in [0.15, 0.2) is 58.3 Å². The van der Waals surface area contributed by atoms with E-state index in [-0.39, 0.29) is 16.3 Å². The molecule has 2 aromatic carbocycles. The third-order valence-electron chi connectivity index (χ3n) is 5.77. The maximum absolute atomic E-state index is 13.1. The summed E-state index contributed by atoms with van der Waals surface area (Å²) < 4.78 is 89.9. The number of halogens is 3. The van der Waals surface area contributed by atoms with Crippen molar-refractivity contribution in [3.05, 3.63) is 54.1 Å². The second kappa shape index (κ2) is 8.57. The average Bonchev–Trinajstić information content (AvgIpc) is 2.72. The van der Waals surface area contributed by atoms with Crippen LogP contribution in [0.5, 0.6) is 0 Å². The number of nitrogens with zero attached hydrogens (tertiary/aromatic N) is 2. The van der Waals surface area contributed by atoms with Crippen molar-refractivity contribution in [3.63, 3.8) is 0 Å². The molecule has 0 spiro atoms. The normalized spacial score (nSPS) is 20.5. The average molecular weight is 507 g/mol. The first-order valence-electron chi connectivity index (χ1n) is 10.0. The zero-order valence-corrected chi connectivity index (χ0v) is 19.9. The monoisotopic (exact) mass is 506 g/mol. The third-order valence-corrected chi connectivity index (χ3v) is 8.93. The topological polar surface area (TPSA) is 95.0 Å².